The Balaban J connectivity index is 3.17. The topological polar surface area (TPSA) is 12.9 Å². The van der Waals surface area contributed by atoms with Crippen LogP contribution in [0.15, 0.2) is 12.1 Å². The van der Waals surface area contributed by atoms with Gasteiger partial charge < -0.3 is 0 Å². The second-order valence-electron chi connectivity index (χ2n) is 1.80. The van der Waals surface area contributed by atoms with Gasteiger partial charge in [-0.3, -0.25) is 4.98 Å². The molecular formula is C6H5BFN. The molecule has 1 aromatic heterocycles. The van der Waals surface area contributed by atoms with Gasteiger partial charge in [0.05, 0.1) is 5.69 Å². The molecule has 0 spiro atoms. The first-order valence-electron chi connectivity index (χ1n) is 2.59. The standard InChI is InChI=1S/C6H5BFN/c1-4-5(8)2-3-6(7)9-4/h2-3H,1H3. The first kappa shape index (κ1) is 6.27. The van der Waals surface area contributed by atoms with Gasteiger partial charge in [-0.1, -0.05) is 0 Å². The Morgan fingerprint density at radius 2 is 2.22 bits per heavy atom. The molecule has 1 heterocycles. The fourth-order valence-corrected chi connectivity index (χ4v) is 0.563. The van der Waals surface area contributed by atoms with Crippen LogP contribution in [0.2, 0.25) is 0 Å². The molecule has 0 amide bonds. The molecule has 1 nitrogen and oxygen atoms in total. The lowest BCUT2D eigenvalue weighted by Crippen LogP contribution is -2.09. The summed E-state index contributed by atoms with van der Waals surface area (Å²) in [5, 5.41) is 0. The molecular weight excluding hydrogens is 116 g/mol. The lowest BCUT2D eigenvalue weighted by Gasteiger charge is -1.94. The Labute approximate surface area is 54.3 Å². The van der Waals surface area contributed by atoms with Crippen LogP contribution in [0, 0.1) is 12.7 Å². The minimum absolute atomic E-state index is 0.316. The molecule has 1 aromatic rings. The fourth-order valence-electron chi connectivity index (χ4n) is 0.563. The van der Waals surface area contributed by atoms with Crippen molar-refractivity contribution in [2.24, 2.45) is 0 Å². The zero-order valence-electron chi connectivity index (χ0n) is 5.06. The third-order valence-corrected chi connectivity index (χ3v) is 1.04. The van der Waals surface area contributed by atoms with Gasteiger partial charge in [-0.2, -0.15) is 0 Å². The van der Waals surface area contributed by atoms with Crippen LogP contribution in [0.5, 0.6) is 0 Å². The molecule has 0 aliphatic heterocycles. The van der Waals surface area contributed by atoms with E-state index in [0.717, 1.165) is 0 Å². The van der Waals surface area contributed by atoms with Gasteiger partial charge in [0.2, 0.25) is 0 Å². The summed E-state index contributed by atoms with van der Waals surface area (Å²) in [5.41, 5.74) is 0.698. The number of hydrogen-bond acceptors (Lipinski definition) is 1. The molecule has 0 saturated heterocycles. The van der Waals surface area contributed by atoms with E-state index in [1.165, 1.54) is 12.1 Å². The molecule has 1 rings (SSSR count). The Morgan fingerprint density at radius 1 is 1.56 bits per heavy atom. The maximum absolute atomic E-state index is 12.4. The minimum atomic E-state index is -0.316. The average molecular weight is 121 g/mol. The van der Waals surface area contributed by atoms with Gasteiger partial charge in [-0.05, 0) is 24.6 Å². The molecule has 0 aliphatic carbocycles. The van der Waals surface area contributed by atoms with Crippen molar-refractivity contribution in [2.45, 2.75) is 6.92 Å². The highest BCUT2D eigenvalue weighted by Gasteiger charge is 1.94. The molecule has 0 aliphatic rings. The lowest BCUT2D eigenvalue weighted by molar-refractivity contribution is 0.611. The monoisotopic (exact) mass is 121 g/mol. The van der Waals surface area contributed by atoms with E-state index in [4.69, 9.17) is 7.85 Å². The zero-order valence-corrected chi connectivity index (χ0v) is 5.06. The summed E-state index contributed by atoms with van der Waals surface area (Å²) < 4.78 is 12.4. The van der Waals surface area contributed by atoms with Crippen LogP contribution in [0.3, 0.4) is 0 Å². The third-order valence-electron chi connectivity index (χ3n) is 1.04. The van der Waals surface area contributed by atoms with E-state index in [2.05, 4.69) is 4.98 Å². The summed E-state index contributed by atoms with van der Waals surface area (Å²) in [6, 6.07) is 2.74. The highest BCUT2D eigenvalue weighted by Crippen LogP contribution is 1.96. The molecule has 0 fully saturated rings. The molecule has 0 saturated carbocycles. The molecule has 0 bridgehead atoms. The molecule has 0 aromatic carbocycles. The Morgan fingerprint density at radius 3 is 2.67 bits per heavy atom. The summed E-state index contributed by atoms with van der Waals surface area (Å²) >= 11 is 0. The summed E-state index contributed by atoms with van der Waals surface area (Å²) in [4.78, 5) is 3.68. The minimum Gasteiger partial charge on any atom is -0.267 e. The smallest absolute Gasteiger partial charge is 0.144 e. The largest absolute Gasteiger partial charge is 0.267 e. The highest BCUT2D eigenvalue weighted by molar-refractivity contribution is 6.30. The predicted octanol–water partition coefficient (Wildman–Crippen LogP) is 0.323. The fraction of sp³-hybridized carbons (Fsp3) is 0.167. The molecule has 2 radical (unpaired) electrons. The number of hydrogen-bond donors (Lipinski definition) is 0. The summed E-state index contributed by atoms with van der Waals surface area (Å²) in [6.07, 6.45) is 0. The van der Waals surface area contributed by atoms with E-state index >= 15 is 0 Å². The number of nitrogens with zero attached hydrogens (tertiary/aromatic N) is 1. The maximum Gasteiger partial charge on any atom is 0.144 e. The van der Waals surface area contributed by atoms with Crippen molar-refractivity contribution in [2.75, 3.05) is 0 Å². The van der Waals surface area contributed by atoms with Crippen molar-refractivity contribution in [1.82, 2.24) is 4.98 Å². The van der Waals surface area contributed by atoms with E-state index < -0.39 is 0 Å². The van der Waals surface area contributed by atoms with E-state index in [1.807, 2.05) is 0 Å². The normalized spacial score (nSPS) is 9.56. The maximum atomic E-state index is 12.4. The Kier molecular flexibility index (Phi) is 1.51. The Hall–Kier alpha value is -0.855. The van der Waals surface area contributed by atoms with Crippen LogP contribution < -0.4 is 5.59 Å². The SMILES string of the molecule is [B]c1ccc(F)c(C)n1. The average Bonchev–Trinajstić information content (AvgIpc) is 1.80. The van der Waals surface area contributed by atoms with Gasteiger partial charge in [0.1, 0.15) is 13.7 Å². The first-order chi connectivity index (χ1) is 4.20. The van der Waals surface area contributed by atoms with Gasteiger partial charge in [0, 0.05) is 0 Å². The number of pyridine rings is 1. The van der Waals surface area contributed by atoms with Crippen molar-refractivity contribution in [3.8, 4) is 0 Å². The van der Waals surface area contributed by atoms with E-state index in [9.17, 15) is 4.39 Å². The third kappa shape index (κ3) is 1.28. The van der Waals surface area contributed by atoms with Gasteiger partial charge in [-0.25, -0.2) is 4.39 Å². The summed E-state index contributed by atoms with van der Waals surface area (Å²) in [5.74, 6) is -0.316. The quantitative estimate of drug-likeness (QED) is 0.450. The van der Waals surface area contributed by atoms with Crippen molar-refractivity contribution in [3.63, 3.8) is 0 Å². The van der Waals surface area contributed by atoms with Gasteiger partial charge >= 0.3 is 0 Å². The second kappa shape index (κ2) is 2.17. The van der Waals surface area contributed by atoms with Crippen LogP contribution in [0.4, 0.5) is 4.39 Å². The summed E-state index contributed by atoms with van der Waals surface area (Å²) in [7, 11) is 5.25. The molecule has 0 unspecified atom stereocenters. The van der Waals surface area contributed by atoms with Crippen molar-refractivity contribution >= 4 is 13.4 Å². The van der Waals surface area contributed by atoms with Crippen LogP contribution >= 0.6 is 0 Å². The highest BCUT2D eigenvalue weighted by atomic mass is 19.1. The predicted molar refractivity (Wildman–Crippen MR) is 34.3 cm³/mol. The van der Waals surface area contributed by atoms with Crippen molar-refractivity contribution in [3.05, 3.63) is 23.6 Å². The number of rotatable bonds is 0. The molecule has 44 valence electrons. The van der Waals surface area contributed by atoms with Gasteiger partial charge in [0.15, 0.2) is 0 Å². The molecule has 9 heavy (non-hydrogen) atoms. The van der Waals surface area contributed by atoms with Crippen LogP contribution in [0.1, 0.15) is 5.69 Å². The van der Waals surface area contributed by atoms with E-state index in [-0.39, 0.29) is 5.82 Å². The number of halogens is 1. The van der Waals surface area contributed by atoms with Gasteiger partial charge in [0.25, 0.3) is 0 Å². The molecule has 3 heteroatoms. The molecule has 0 N–H and O–H groups in total. The van der Waals surface area contributed by atoms with Crippen molar-refractivity contribution < 1.29 is 4.39 Å². The lowest BCUT2D eigenvalue weighted by atomic mass is 10.0. The molecule has 0 atom stereocenters. The number of aryl methyl sites for hydroxylation is 1. The second-order valence-corrected chi connectivity index (χ2v) is 1.80. The summed E-state index contributed by atoms with van der Waals surface area (Å²) in [6.45, 7) is 1.58. The zero-order chi connectivity index (χ0) is 6.85. The van der Waals surface area contributed by atoms with Crippen molar-refractivity contribution in [1.29, 1.82) is 0 Å². The van der Waals surface area contributed by atoms with Crippen LogP contribution in [-0.2, 0) is 0 Å². The van der Waals surface area contributed by atoms with E-state index in [1.54, 1.807) is 6.92 Å². The van der Waals surface area contributed by atoms with Gasteiger partial charge in [-0.15, -0.1) is 0 Å². The first-order valence-corrected chi connectivity index (χ1v) is 2.59. The number of aromatic nitrogens is 1. The Bertz CT molecular complexity index is 224. The van der Waals surface area contributed by atoms with Crippen LogP contribution in [-0.4, -0.2) is 12.8 Å². The van der Waals surface area contributed by atoms with Crippen LogP contribution in [0.25, 0.3) is 0 Å². The van der Waals surface area contributed by atoms with E-state index in [0.29, 0.717) is 11.3 Å².